The molecule has 3 aromatic rings. The van der Waals surface area contributed by atoms with Crippen molar-refractivity contribution in [2.24, 2.45) is 5.73 Å². The first kappa shape index (κ1) is 31.2. The van der Waals surface area contributed by atoms with Crippen molar-refractivity contribution >= 4 is 28.4 Å². The van der Waals surface area contributed by atoms with Crippen LogP contribution in [0.1, 0.15) is 42.8 Å². The number of pyridine rings is 1. The number of alkyl halides is 6. The zero-order chi connectivity index (χ0) is 31.0. The van der Waals surface area contributed by atoms with Crippen molar-refractivity contribution in [1.29, 1.82) is 0 Å². The monoisotopic (exact) mass is 615 g/mol. The summed E-state index contributed by atoms with van der Waals surface area (Å²) < 4.78 is 84.8. The number of primary amides is 1. The van der Waals surface area contributed by atoms with Gasteiger partial charge in [-0.1, -0.05) is 23.5 Å². The first-order valence-electron chi connectivity index (χ1n) is 12.6. The summed E-state index contributed by atoms with van der Waals surface area (Å²) in [6.45, 7) is 3.66. The smallest absolute Gasteiger partial charge is 0.372 e. The second-order valence-corrected chi connectivity index (χ2v) is 11.3. The van der Waals surface area contributed by atoms with E-state index < -0.39 is 47.4 Å². The minimum Gasteiger partial charge on any atom is -0.372 e. The van der Waals surface area contributed by atoms with Crippen molar-refractivity contribution in [1.82, 2.24) is 14.9 Å². The average molecular weight is 616 g/mol. The van der Waals surface area contributed by atoms with Crippen LogP contribution in [0.2, 0.25) is 0 Å². The maximum absolute atomic E-state index is 13.6. The highest BCUT2D eigenvalue weighted by molar-refractivity contribution is 7.19. The summed E-state index contributed by atoms with van der Waals surface area (Å²) in [6.07, 6.45) is -8.24. The SMILES string of the molecule is Cc1nc(NC(=O)N2C[C@H](OCc3ccc(C(F)(F)F)cc3)C[C@H]2C(N)=O)sc1-c1ccnc(C(C)(C)C(F)(F)F)c1. The summed E-state index contributed by atoms with van der Waals surface area (Å²) in [4.78, 5) is 35.1. The number of rotatable bonds is 7. The molecule has 1 aliphatic rings. The van der Waals surface area contributed by atoms with E-state index in [2.05, 4.69) is 15.3 Å². The fourth-order valence-electron chi connectivity index (χ4n) is 4.36. The molecule has 226 valence electrons. The number of carbonyl (C=O) groups is 2. The molecule has 3 N–H and O–H groups in total. The van der Waals surface area contributed by atoms with Gasteiger partial charge in [0.1, 0.15) is 11.5 Å². The van der Waals surface area contributed by atoms with Gasteiger partial charge in [-0.15, -0.1) is 0 Å². The van der Waals surface area contributed by atoms with Gasteiger partial charge in [-0.3, -0.25) is 15.1 Å². The molecule has 3 heterocycles. The predicted octanol–water partition coefficient (Wildman–Crippen LogP) is 6.05. The van der Waals surface area contributed by atoms with Gasteiger partial charge in [0, 0.05) is 19.2 Å². The lowest BCUT2D eigenvalue weighted by Crippen LogP contribution is -2.45. The molecule has 1 saturated heterocycles. The number of aromatic nitrogens is 2. The third-order valence-corrected chi connectivity index (χ3v) is 8.12. The molecule has 0 bridgehead atoms. The van der Waals surface area contributed by atoms with Crippen LogP contribution >= 0.6 is 11.3 Å². The molecule has 15 heteroatoms. The third kappa shape index (κ3) is 6.67. The Morgan fingerprint density at radius 3 is 2.38 bits per heavy atom. The molecule has 2 atom stereocenters. The molecule has 0 radical (unpaired) electrons. The summed E-state index contributed by atoms with van der Waals surface area (Å²) in [5.74, 6) is -0.765. The molecule has 0 saturated carbocycles. The Bertz CT molecular complexity index is 1460. The third-order valence-electron chi connectivity index (χ3n) is 7.00. The first-order chi connectivity index (χ1) is 19.5. The number of amides is 3. The number of hydrogen-bond donors (Lipinski definition) is 2. The molecular weight excluding hydrogens is 588 g/mol. The van der Waals surface area contributed by atoms with Crippen molar-refractivity contribution in [2.45, 2.75) is 63.7 Å². The van der Waals surface area contributed by atoms with Crippen LogP contribution in [0.4, 0.5) is 36.3 Å². The maximum atomic E-state index is 13.6. The molecule has 1 aliphatic heterocycles. The Morgan fingerprint density at radius 1 is 1.12 bits per heavy atom. The molecule has 2 aromatic heterocycles. The Morgan fingerprint density at radius 2 is 1.79 bits per heavy atom. The van der Waals surface area contributed by atoms with Crippen molar-refractivity contribution in [3.05, 3.63) is 65.1 Å². The van der Waals surface area contributed by atoms with Gasteiger partial charge in [-0.05, 0) is 56.2 Å². The Labute approximate surface area is 240 Å². The van der Waals surface area contributed by atoms with E-state index in [-0.39, 0.29) is 30.4 Å². The van der Waals surface area contributed by atoms with Crippen LogP contribution < -0.4 is 11.1 Å². The number of nitrogens with one attached hydrogen (secondary N) is 1. The van der Waals surface area contributed by atoms with Gasteiger partial charge in [0.05, 0.1) is 34.5 Å². The van der Waals surface area contributed by atoms with E-state index in [0.717, 1.165) is 37.3 Å². The van der Waals surface area contributed by atoms with E-state index in [0.29, 0.717) is 21.7 Å². The van der Waals surface area contributed by atoms with E-state index in [1.165, 1.54) is 29.3 Å². The minimum absolute atomic E-state index is 0.0163. The van der Waals surface area contributed by atoms with Crippen molar-refractivity contribution in [3.8, 4) is 10.4 Å². The number of ether oxygens (including phenoxy) is 1. The fourth-order valence-corrected chi connectivity index (χ4v) is 5.31. The molecule has 42 heavy (non-hydrogen) atoms. The molecule has 1 aromatic carbocycles. The first-order valence-corrected chi connectivity index (χ1v) is 13.4. The molecule has 0 aliphatic carbocycles. The lowest BCUT2D eigenvalue weighted by atomic mass is 9.87. The second-order valence-electron chi connectivity index (χ2n) is 10.4. The van der Waals surface area contributed by atoms with Gasteiger partial charge in [-0.25, -0.2) is 9.78 Å². The standard InChI is InChI=1S/C27H27F6N5O3S/c1-14-21(16-8-9-35-20(10-16)25(2,3)27(31,32)33)42-23(36-14)37-24(40)38-12-18(11-19(38)22(34)39)41-13-15-4-6-17(7-5-15)26(28,29)30/h4-10,18-19H,11-13H2,1-3H3,(H2,34,39)(H,36,37,40)/t18-,19+/m1/s1. The van der Waals surface area contributed by atoms with Gasteiger partial charge >= 0.3 is 18.4 Å². The number of carbonyl (C=O) groups excluding carboxylic acids is 2. The maximum Gasteiger partial charge on any atom is 0.416 e. The molecule has 8 nitrogen and oxygen atoms in total. The largest absolute Gasteiger partial charge is 0.416 e. The Kier molecular flexibility index (Phi) is 8.56. The van der Waals surface area contributed by atoms with Crippen molar-refractivity contribution < 1.29 is 40.7 Å². The Hall–Kier alpha value is -3.72. The number of likely N-dealkylation sites (tertiary alicyclic amines) is 1. The number of urea groups is 1. The van der Waals surface area contributed by atoms with Crippen LogP contribution in [0.25, 0.3) is 10.4 Å². The van der Waals surface area contributed by atoms with Crippen LogP contribution in [-0.4, -0.2) is 51.7 Å². The van der Waals surface area contributed by atoms with E-state index in [9.17, 15) is 35.9 Å². The molecular formula is C27H27F6N5O3S. The van der Waals surface area contributed by atoms with E-state index in [1.54, 1.807) is 13.0 Å². The summed E-state index contributed by atoms with van der Waals surface area (Å²) >= 11 is 1.04. The molecule has 0 spiro atoms. The van der Waals surface area contributed by atoms with Crippen LogP contribution in [0.3, 0.4) is 0 Å². The van der Waals surface area contributed by atoms with Crippen LogP contribution in [0.15, 0.2) is 42.6 Å². The quantitative estimate of drug-likeness (QED) is 0.315. The van der Waals surface area contributed by atoms with Gasteiger partial charge in [-0.2, -0.15) is 26.3 Å². The normalized spacial score (nSPS) is 17.9. The molecule has 4 rings (SSSR count). The topological polar surface area (TPSA) is 110 Å². The molecule has 1 fully saturated rings. The summed E-state index contributed by atoms with van der Waals surface area (Å²) in [6, 6.07) is 5.63. The van der Waals surface area contributed by atoms with E-state index in [1.807, 2.05) is 0 Å². The van der Waals surface area contributed by atoms with Gasteiger partial charge in [0.15, 0.2) is 5.13 Å². The van der Waals surface area contributed by atoms with Crippen LogP contribution in [-0.2, 0) is 27.7 Å². The summed E-state index contributed by atoms with van der Waals surface area (Å²) in [5.41, 5.74) is 3.74. The highest BCUT2D eigenvalue weighted by atomic mass is 32.1. The summed E-state index contributed by atoms with van der Waals surface area (Å²) in [5, 5.41) is 2.76. The second kappa shape index (κ2) is 11.5. The number of hydrogen-bond acceptors (Lipinski definition) is 6. The minimum atomic E-state index is -4.52. The number of nitrogens with zero attached hydrogens (tertiary/aromatic N) is 3. The van der Waals surface area contributed by atoms with Gasteiger partial charge < -0.3 is 15.4 Å². The lowest BCUT2D eigenvalue weighted by molar-refractivity contribution is -0.181. The number of nitrogens with two attached hydrogens (primary N) is 1. The zero-order valence-electron chi connectivity index (χ0n) is 22.6. The Balaban J connectivity index is 1.44. The zero-order valence-corrected chi connectivity index (χ0v) is 23.5. The van der Waals surface area contributed by atoms with Crippen LogP contribution in [0, 0.1) is 6.92 Å². The van der Waals surface area contributed by atoms with Crippen LogP contribution in [0.5, 0.6) is 0 Å². The number of halogens is 6. The average Bonchev–Trinajstić information content (AvgIpc) is 3.50. The lowest BCUT2D eigenvalue weighted by Gasteiger charge is -2.27. The van der Waals surface area contributed by atoms with Gasteiger partial charge in [0.25, 0.3) is 0 Å². The molecule has 3 amide bonds. The van der Waals surface area contributed by atoms with Gasteiger partial charge in [0.2, 0.25) is 5.91 Å². The number of benzene rings is 1. The highest BCUT2D eigenvalue weighted by Crippen LogP contribution is 2.41. The fraction of sp³-hybridized carbons (Fsp3) is 0.407. The van der Waals surface area contributed by atoms with E-state index >= 15 is 0 Å². The highest BCUT2D eigenvalue weighted by Gasteiger charge is 2.49. The predicted molar refractivity (Wildman–Crippen MR) is 143 cm³/mol. The number of thiazole rings is 1. The van der Waals surface area contributed by atoms with Crippen molar-refractivity contribution in [3.63, 3.8) is 0 Å². The number of aryl methyl sites for hydroxylation is 1. The molecule has 0 unspecified atom stereocenters. The summed E-state index contributed by atoms with van der Waals surface area (Å²) in [7, 11) is 0. The van der Waals surface area contributed by atoms with Crippen molar-refractivity contribution in [2.75, 3.05) is 11.9 Å². The van der Waals surface area contributed by atoms with E-state index in [4.69, 9.17) is 10.5 Å². The number of anilines is 1.